The van der Waals surface area contributed by atoms with Crippen LogP contribution in [0, 0.1) is 0 Å². The number of aromatic nitrogens is 1. The number of pyridine rings is 1. The molecule has 0 radical (unpaired) electrons. The molecule has 0 unspecified atom stereocenters. The van der Waals surface area contributed by atoms with Crippen molar-refractivity contribution in [2.45, 2.75) is 45.1 Å². The maximum absolute atomic E-state index is 12.5. The molecule has 6 nitrogen and oxygen atoms in total. The van der Waals surface area contributed by atoms with Crippen molar-refractivity contribution >= 4 is 18.7 Å². The van der Waals surface area contributed by atoms with E-state index < -0.39 is 7.12 Å². The Kier molecular flexibility index (Phi) is 4.80. The summed E-state index contributed by atoms with van der Waals surface area (Å²) in [4.78, 5) is 28.7. The van der Waals surface area contributed by atoms with Crippen molar-refractivity contribution in [3.63, 3.8) is 0 Å². The summed E-state index contributed by atoms with van der Waals surface area (Å²) in [5.41, 5.74) is 4.41. The molecule has 0 amide bonds. The molecule has 0 bridgehead atoms. The summed E-state index contributed by atoms with van der Waals surface area (Å²) in [7, 11) is -1.09. The first-order valence-corrected chi connectivity index (χ1v) is 9.18. The Hall–Kier alpha value is -2.51. The summed E-state index contributed by atoms with van der Waals surface area (Å²) in [5, 5.41) is 13.6. The van der Waals surface area contributed by atoms with Gasteiger partial charge in [-0.2, -0.15) is 0 Å². The molecular weight excluding hydrogens is 343 g/mol. The lowest BCUT2D eigenvalue weighted by Gasteiger charge is -2.28. The minimum absolute atomic E-state index is 0.0431. The van der Waals surface area contributed by atoms with Gasteiger partial charge in [-0.3, -0.25) is 14.6 Å². The van der Waals surface area contributed by atoms with E-state index >= 15 is 0 Å². The van der Waals surface area contributed by atoms with Crippen LogP contribution in [-0.2, 0) is 30.7 Å². The van der Waals surface area contributed by atoms with Gasteiger partial charge in [0, 0.05) is 37.9 Å². The van der Waals surface area contributed by atoms with Crippen LogP contribution in [-0.4, -0.2) is 28.7 Å². The number of para-hydroxylation sites is 1. The first-order valence-electron chi connectivity index (χ1n) is 9.18. The fraction of sp³-hybridized carbons (Fsp3) is 0.350. The Morgan fingerprint density at radius 3 is 3.00 bits per heavy atom. The van der Waals surface area contributed by atoms with Crippen molar-refractivity contribution in [2.75, 3.05) is 0 Å². The molecule has 2 N–H and O–H groups in total. The lowest BCUT2D eigenvalue weighted by molar-refractivity contribution is -0.118. The third kappa shape index (κ3) is 3.66. The summed E-state index contributed by atoms with van der Waals surface area (Å²) in [6.07, 6.45) is 2.78. The van der Waals surface area contributed by atoms with Gasteiger partial charge in [0.1, 0.15) is 11.5 Å². The van der Waals surface area contributed by atoms with E-state index in [9.17, 15) is 14.6 Å². The average molecular weight is 364 g/mol. The number of rotatable bonds is 5. The number of benzene rings is 1. The molecule has 2 aliphatic heterocycles. The summed E-state index contributed by atoms with van der Waals surface area (Å²) in [6.45, 7) is 3.03. The van der Waals surface area contributed by atoms with Crippen LogP contribution in [0.15, 0.2) is 30.5 Å². The number of hydrogen-bond donors (Lipinski definition) is 2. The fourth-order valence-electron chi connectivity index (χ4n) is 3.84. The monoisotopic (exact) mass is 364 g/mol. The second kappa shape index (κ2) is 7.25. The number of ketones is 2. The van der Waals surface area contributed by atoms with Crippen LogP contribution in [0.2, 0.25) is 5.82 Å². The second-order valence-corrected chi connectivity index (χ2v) is 7.30. The molecule has 4 rings (SSSR count). The smallest absolute Gasteiger partial charge is 0.526 e. The molecule has 2 aliphatic rings. The predicted molar refractivity (Wildman–Crippen MR) is 101 cm³/mol. The van der Waals surface area contributed by atoms with Gasteiger partial charge >= 0.3 is 7.12 Å². The molecule has 0 saturated carbocycles. The standard InChI is InChI=1S/C20H21BN2O4/c1-12(24)18-4-2-3-14-7-16(21(26)27-20(14)18)8-17(25)6-13-5-15-10-22-11-19(15)23-9-13/h2-5,9,16,22,26H,6-8,10-11H2,1H3/t16-/m1/s1. The number of hydrogen-bond acceptors (Lipinski definition) is 6. The fourth-order valence-corrected chi connectivity index (χ4v) is 3.84. The maximum atomic E-state index is 12.5. The van der Waals surface area contributed by atoms with E-state index in [4.69, 9.17) is 4.65 Å². The number of nitrogens with zero attached hydrogens (tertiary/aromatic N) is 1. The van der Waals surface area contributed by atoms with Crippen LogP contribution in [0.1, 0.15) is 46.1 Å². The number of nitrogens with one attached hydrogen (secondary N) is 1. The van der Waals surface area contributed by atoms with E-state index in [-0.39, 0.29) is 23.8 Å². The minimum atomic E-state index is -1.09. The third-order valence-electron chi connectivity index (χ3n) is 5.22. The van der Waals surface area contributed by atoms with Crippen LogP contribution in [0.5, 0.6) is 5.75 Å². The van der Waals surface area contributed by atoms with Crippen LogP contribution in [0.25, 0.3) is 0 Å². The van der Waals surface area contributed by atoms with Gasteiger partial charge in [0.25, 0.3) is 0 Å². The zero-order valence-electron chi connectivity index (χ0n) is 15.2. The first-order chi connectivity index (χ1) is 13.0. The molecule has 138 valence electrons. The predicted octanol–water partition coefficient (Wildman–Crippen LogP) is 1.87. The van der Waals surface area contributed by atoms with Gasteiger partial charge in [-0.15, -0.1) is 0 Å². The van der Waals surface area contributed by atoms with Crippen LogP contribution in [0.4, 0.5) is 0 Å². The topological polar surface area (TPSA) is 88.5 Å². The minimum Gasteiger partial charge on any atom is -0.535 e. The van der Waals surface area contributed by atoms with E-state index in [1.54, 1.807) is 18.3 Å². The number of carbonyl (C=O) groups excluding carboxylic acids is 2. The zero-order chi connectivity index (χ0) is 19.0. The van der Waals surface area contributed by atoms with Crippen molar-refractivity contribution in [1.82, 2.24) is 10.3 Å². The van der Waals surface area contributed by atoms with Gasteiger partial charge in [0.15, 0.2) is 5.78 Å². The van der Waals surface area contributed by atoms with Crippen molar-refractivity contribution in [3.05, 3.63) is 58.4 Å². The highest BCUT2D eigenvalue weighted by Gasteiger charge is 2.37. The van der Waals surface area contributed by atoms with Crippen molar-refractivity contribution in [1.29, 1.82) is 0 Å². The highest BCUT2D eigenvalue weighted by molar-refractivity contribution is 6.47. The van der Waals surface area contributed by atoms with Gasteiger partial charge < -0.3 is 15.0 Å². The van der Waals surface area contributed by atoms with Gasteiger partial charge in [0.05, 0.1) is 11.3 Å². The molecule has 0 spiro atoms. The Balaban J connectivity index is 1.44. The SMILES string of the molecule is CC(=O)c1cccc2c1OB(O)[C@@H](CC(=O)Cc1cnc3c(c1)CNC3)C2. The highest BCUT2D eigenvalue weighted by atomic mass is 16.5. The molecule has 3 heterocycles. The van der Waals surface area contributed by atoms with E-state index in [0.717, 1.165) is 35.5 Å². The molecule has 7 heteroatoms. The van der Waals surface area contributed by atoms with Crippen molar-refractivity contribution < 1.29 is 19.3 Å². The number of Topliss-reactive ketones (excluding diaryl/α,β-unsaturated/α-hetero) is 2. The average Bonchev–Trinajstić information content (AvgIpc) is 3.09. The molecule has 0 saturated heterocycles. The van der Waals surface area contributed by atoms with Gasteiger partial charge in [-0.1, -0.05) is 18.2 Å². The largest absolute Gasteiger partial charge is 0.535 e. The summed E-state index contributed by atoms with van der Waals surface area (Å²) < 4.78 is 5.61. The Labute approximate surface area is 158 Å². The van der Waals surface area contributed by atoms with Gasteiger partial charge in [-0.05, 0) is 36.1 Å². The van der Waals surface area contributed by atoms with Crippen LogP contribution in [0.3, 0.4) is 0 Å². The summed E-state index contributed by atoms with van der Waals surface area (Å²) in [6, 6.07) is 7.40. The van der Waals surface area contributed by atoms with E-state index in [0.29, 0.717) is 24.2 Å². The molecule has 0 aliphatic carbocycles. The molecular formula is C20H21BN2O4. The molecule has 1 aromatic carbocycles. The second-order valence-electron chi connectivity index (χ2n) is 7.30. The maximum Gasteiger partial charge on any atom is 0.526 e. The zero-order valence-corrected chi connectivity index (χ0v) is 15.2. The van der Waals surface area contributed by atoms with E-state index in [1.807, 2.05) is 12.1 Å². The lowest BCUT2D eigenvalue weighted by Crippen LogP contribution is -2.36. The normalized spacial score (nSPS) is 17.9. The molecule has 2 aromatic rings. The molecule has 1 atom stereocenters. The highest BCUT2D eigenvalue weighted by Crippen LogP contribution is 2.36. The Morgan fingerprint density at radius 1 is 1.33 bits per heavy atom. The molecule has 27 heavy (non-hydrogen) atoms. The van der Waals surface area contributed by atoms with Gasteiger partial charge in [-0.25, -0.2) is 0 Å². The van der Waals surface area contributed by atoms with E-state index in [1.165, 1.54) is 6.92 Å². The van der Waals surface area contributed by atoms with Crippen LogP contribution >= 0.6 is 0 Å². The van der Waals surface area contributed by atoms with Crippen molar-refractivity contribution in [3.8, 4) is 5.75 Å². The Bertz CT molecular complexity index is 915. The summed E-state index contributed by atoms with van der Waals surface area (Å²) >= 11 is 0. The first kappa shape index (κ1) is 17.9. The number of carbonyl (C=O) groups is 2. The molecule has 0 fully saturated rings. The Morgan fingerprint density at radius 2 is 2.19 bits per heavy atom. The number of fused-ring (bicyclic) bond motifs is 2. The van der Waals surface area contributed by atoms with Crippen LogP contribution < -0.4 is 9.97 Å². The quantitative estimate of drug-likeness (QED) is 0.622. The summed E-state index contributed by atoms with van der Waals surface area (Å²) in [5.74, 6) is 0.0569. The van der Waals surface area contributed by atoms with E-state index in [2.05, 4.69) is 10.3 Å². The van der Waals surface area contributed by atoms with Crippen molar-refractivity contribution in [2.24, 2.45) is 0 Å². The molecule has 1 aromatic heterocycles. The lowest BCUT2D eigenvalue weighted by atomic mass is 9.64. The van der Waals surface area contributed by atoms with Gasteiger partial charge in [0.2, 0.25) is 0 Å². The third-order valence-corrected chi connectivity index (χ3v) is 5.22.